The highest BCUT2D eigenvalue weighted by Crippen LogP contribution is 2.10. The van der Waals surface area contributed by atoms with Crippen LogP contribution in [0.2, 0.25) is 0 Å². The van der Waals surface area contributed by atoms with E-state index in [4.69, 9.17) is 10.9 Å². The summed E-state index contributed by atoms with van der Waals surface area (Å²) in [6.07, 6.45) is 0.599. The number of nitrogen functional groups attached to an aromatic ring is 1. The Balaban J connectivity index is 2.71. The van der Waals surface area contributed by atoms with E-state index in [1.807, 2.05) is 6.92 Å². The Labute approximate surface area is 101 Å². The lowest BCUT2D eigenvalue weighted by Gasteiger charge is -2.20. The fraction of sp³-hybridized carbons (Fsp3) is 0.417. The van der Waals surface area contributed by atoms with Crippen LogP contribution in [0.1, 0.15) is 23.7 Å². The molecule has 0 heterocycles. The molecular formula is C12H19N3O2. The molecule has 0 radical (unpaired) electrons. The van der Waals surface area contributed by atoms with E-state index in [-0.39, 0.29) is 12.5 Å². The van der Waals surface area contributed by atoms with Gasteiger partial charge in [-0.05, 0) is 37.6 Å². The van der Waals surface area contributed by atoms with Crippen LogP contribution >= 0.6 is 0 Å². The van der Waals surface area contributed by atoms with Crippen LogP contribution in [-0.2, 0) is 0 Å². The molecule has 0 fully saturated rings. The summed E-state index contributed by atoms with van der Waals surface area (Å²) in [5.74, 6) is 5.23. The molecule has 0 spiro atoms. The molecular weight excluding hydrogens is 218 g/mol. The van der Waals surface area contributed by atoms with Gasteiger partial charge in [-0.2, -0.15) is 0 Å². The Hall–Kier alpha value is -1.59. The van der Waals surface area contributed by atoms with Crippen molar-refractivity contribution in [1.82, 2.24) is 4.90 Å². The largest absolute Gasteiger partial charge is 0.396 e. The van der Waals surface area contributed by atoms with Crippen molar-refractivity contribution >= 4 is 11.6 Å². The van der Waals surface area contributed by atoms with Crippen molar-refractivity contribution in [2.75, 3.05) is 25.1 Å². The summed E-state index contributed by atoms with van der Waals surface area (Å²) in [5.41, 5.74) is 3.90. The van der Waals surface area contributed by atoms with E-state index in [0.29, 0.717) is 25.1 Å². The van der Waals surface area contributed by atoms with Crippen molar-refractivity contribution in [3.05, 3.63) is 29.8 Å². The monoisotopic (exact) mass is 237 g/mol. The van der Waals surface area contributed by atoms with E-state index in [1.54, 1.807) is 29.2 Å². The highest BCUT2D eigenvalue weighted by molar-refractivity contribution is 5.94. The number of carbonyl (C=O) groups excluding carboxylic acids is 1. The van der Waals surface area contributed by atoms with Crippen LogP contribution in [0, 0.1) is 0 Å². The van der Waals surface area contributed by atoms with Gasteiger partial charge < -0.3 is 15.4 Å². The van der Waals surface area contributed by atoms with Crippen LogP contribution in [0.15, 0.2) is 24.3 Å². The second kappa shape index (κ2) is 6.88. The van der Waals surface area contributed by atoms with E-state index in [2.05, 4.69) is 5.43 Å². The molecule has 1 aromatic carbocycles. The van der Waals surface area contributed by atoms with Gasteiger partial charge in [0.1, 0.15) is 0 Å². The molecule has 0 aliphatic rings. The second-order valence-corrected chi connectivity index (χ2v) is 3.68. The SMILES string of the molecule is CCN(CCCO)C(=O)c1ccc(NN)cc1. The van der Waals surface area contributed by atoms with Gasteiger partial charge in [0.15, 0.2) is 0 Å². The third-order valence-electron chi connectivity index (χ3n) is 2.55. The molecule has 0 aromatic heterocycles. The average molecular weight is 237 g/mol. The molecule has 5 heteroatoms. The molecule has 5 nitrogen and oxygen atoms in total. The zero-order valence-electron chi connectivity index (χ0n) is 10.0. The predicted molar refractivity (Wildman–Crippen MR) is 67.5 cm³/mol. The molecule has 1 amide bonds. The molecule has 0 saturated carbocycles. The molecule has 0 aliphatic heterocycles. The molecule has 0 saturated heterocycles. The lowest BCUT2D eigenvalue weighted by atomic mass is 10.2. The summed E-state index contributed by atoms with van der Waals surface area (Å²) in [4.78, 5) is 13.8. The van der Waals surface area contributed by atoms with Crippen LogP contribution in [0.3, 0.4) is 0 Å². The molecule has 1 aromatic rings. The van der Waals surface area contributed by atoms with Crippen LogP contribution in [0.5, 0.6) is 0 Å². The van der Waals surface area contributed by atoms with Gasteiger partial charge in [-0.1, -0.05) is 0 Å². The summed E-state index contributed by atoms with van der Waals surface area (Å²) in [6.45, 7) is 3.23. The van der Waals surface area contributed by atoms with Crippen LogP contribution in [0.25, 0.3) is 0 Å². The van der Waals surface area contributed by atoms with Crippen molar-refractivity contribution < 1.29 is 9.90 Å². The minimum absolute atomic E-state index is 0.0236. The van der Waals surface area contributed by atoms with E-state index in [9.17, 15) is 4.79 Å². The number of nitrogens with two attached hydrogens (primary N) is 1. The number of rotatable bonds is 6. The Morgan fingerprint density at radius 1 is 1.41 bits per heavy atom. The first-order valence-electron chi connectivity index (χ1n) is 5.69. The van der Waals surface area contributed by atoms with Gasteiger partial charge in [0.2, 0.25) is 0 Å². The third-order valence-corrected chi connectivity index (χ3v) is 2.55. The zero-order chi connectivity index (χ0) is 12.7. The van der Waals surface area contributed by atoms with Crippen LogP contribution < -0.4 is 11.3 Å². The number of nitrogens with one attached hydrogen (secondary N) is 1. The first-order valence-corrected chi connectivity index (χ1v) is 5.69. The number of amides is 1. The average Bonchev–Trinajstić information content (AvgIpc) is 2.39. The fourth-order valence-corrected chi connectivity index (χ4v) is 1.56. The quantitative estimate of drug-likeness (QED) is 0.505. The maximum Gasteiger partial charge on any atom is 0.253 e. The van der Waals surface area contributed by atoms with Gasteiger partial charge >= 0.3 is 0 Å². The van der Waals surface area contributed by atoms with Crippen molar-refractivity contribution in [3.63, 3.8) is 0 Å². The second-order valence-electron chi connectivity index (χ2n) is 3.68. The molecule has 0 aliphatic carbocycles. The normalized spacial score (nSPS) is 10.1. The van der Waals surface area contributed by atoms with Gasteiger partial charge in [-0.25, -0.2) is 0 Å². The number of nitrogens with zero attached hydrogens (tertiary/aromatic N) is 1. The molecule has 17 heavy (non-hydrogen) atoms. The lowest BCUT2D eigenvalue weighted by Crippen LogP contribution is -2.32. The van der Waals surface area contributed by atoms with E-state index in [0.717, 1.165) is 5.69 Å². The van der Waals surface area contributed by atoms with Crippen molar-refractivity contribution in [3.8, 4) is 0 Å². The number of hydrogen-bond donors (Lipinski definition) is 3. The molecule has 0 unspecified atom stereocenters. The molecule has 1 rings (SSSR count). The van der Waals surface area contributed by atoms with E-state index >= 15 is 0 Å². The highest BCUT2D eigenvalue weighted by Gasteiger charge is 2.13. The Bertz CT molecular complexity index is 351. The maximum absolute atomic E-state index is 12.1. The highest BCUT2D eigenvalue weighted by atomic mass is 16.3. The zero-order valence-corrected chi connectivity index (χ0v) is 10.0. The summed E-state index contributed by atoms with van der Waals surface area (Å²) in [7, 11) is 0. The number of hydrazine groups is 1. The third kappa shape index (κ3) is 3.72. The fourth-order valence-electron chi connectivity index (χ4n) is 1.56. The summed E-state index contributed by atoms with van der Waals surface area (Å²) >= 11 is 0. The van der Waals surface area contributed by atoms with Gasteiger partial charge in [-0.15, -0.1) is 0 Å². The maximum atomic E-state index is 12.1. The number of anilines is 1. The molecule has 4 N–H and O–H groups in total. The first-order chi connectivity index (χ1) is 8.22. The Morgan fingerprint density at radius 3 is 2.53 bits per heavy atom. The number of hydrogen-bond acceptors (Lipinski definition) is 4. The minimum Gasteiger partial charge on any atom is -0.396 e. The van der Waals surface area contributed by atoms with Crippen molar-refractivity contribution in [2.24, 2.45) is 5.84 Å². The standard InChI is InChI=1S/C12H19N3O2/c1-2-15(8-3-9-16)12(17)10-4-6-11(14-13)7-5-10/h4-7,14,16H,2-3,8-9,13H2,1H3. The molecule has 0 bridgehead atoms. The lowest BCUT2D eigenvalue weighted by molar-refractivity contribution is 0.0754. The molecule has 0 atom stereocenters. The van der Waals surface area contributed by atoms with Gasteiger partial charge in [0, 0.05) is 30.9 Å². The van der Waals surface area contributed by atoms with E-state index < -0.39 is 0 Å². The summed E-state index contributed by atoms with van der Waals surface area (Å²) < 4.78 is 0. The summed E-state index contributed by atoms with van der Waals surface area (Å²) in [5, 5.41) is 8.77. The minimum atomic E-state index is -0.0236. The Morgan fingerprint density at radius 2 is 2.06 bits per heavy atom. The van der Waals surface area contributed by atoms with Crippen LogP contribution in [-0.4, -0.2) is 35.6 Å². The van der Waals surface area contributed by atoms with Crippen molar-refractivity contribution in [1.29, 1.82) is 0 Å². The Kier molecular flexibility index (Phi) is 5.45. The summed E-state index contributed by atoms with van der Waals surface area (Å²) in [6, 6.07) is 6.98. The topological polar surface area (TPSA) is 78.6 Å². The first kappa shape index (κ1) is 13.5. The smallest absolute Gasteiger partial charge is 0.253 e. The van der Waals surface area contributed by atoms with Crippen LogP contribution in [0.4, 0.5) is 5.69 Å². The molecule has 94 valence electrons. The van der Waals surface area contributed by atoms with Gasteiger partial charge in [0.25, 0.3) is 5.91 Å². The van der Waals surface area contributed by atoms with Gasteiger partial charge in [-0.3, -0.25) is 10.6 Å². The van der Waals surface area contributed by atoms with E-state index in [1.165, 1.54) is 0 Å². The number of carbonyl (C=O) groups is 1. The van der Waals surface area contributed by atoms with Gasteiger partial charge in [0.05, 0.1) is 0 Å². The predicted octanol–water partition coefficient (Wildman–Crippen LogP) is 0.817. The number of benzene rings is 1. The number of aliphatic hydroxyl groups is 1. The number of aliphatic hydroxyl groups excluding tert-OH is 1. The van der Waals surface area contributed by atoms with Crippen molar-refractivity contribution in [2.45, 2.75) is 13.3 Å².